The summed E-state index contributed by atoms with van der Waals surface area (Å²) in [5.41, 5.74) is 1.83. The Kier molecular flexibility index (Phi) is 3.44. The van der Waals surface area contributed by atoms with Crippen LogP contribution in [0.15, 0.2) is 56.7 Å². The first-order valence-electron chi connectivity index (χ1n) is 7.31. The van der Waals surface area contributed by atoms with E-state index in [-0.39, 0.29) is 9.79 Å². The molecule has 0 radical (unpaired) electrons. The van der Waals surface area contributed by atoms with Gasteiger partial charge in [-0.05, 0) is 55.4 Å². The van der Waals surface area contributed by atoms with Gasteiger partial charge in [0.1, 0.15) is 11.3 Å². The van der Waals surface area contributed by atoms with Gasteiger partial charge in [0.05, 0.1) is 16.3 Å². The fraction of sp³-hybridized carbons (Fsp3) is 0.176. The van der Waals surface area contributed by atoms with Crippen LogP contribution in [-0.2, 0) is 22.8 Å². The van der Waals surface area contributed by atoms with Crippen molar-refractivity contribution in [3.8, 4) is 0 Å². The Morgan fingerprint density at radius 2 is 1.78 bits per heavy atom. The lowest BCUT2D eigenvalue weighted by Gasteiger charge is -2.11. The summed E-state index contributed by atoms with van der Waals surface area (Å²) >= 11 is 5.84. The zero-order valence-corrected chi connectivity index (χ0v) is 13.7. The molecule has 0 saturated heterocycles. The fourth-order valence-electron chi connectivity index (χ4n) is 2.93. The van der Waals surface area contributed by atoms with Gasteiger partial charge in [-0.3, -0.25) is 0 Å². The molecule has 0 atom stereocenters. The summed E-state index contributed by atoms with van der Waals surface area (Å²) in [6.45, 7) is 1.55. The molecule has 2 aromatic carbocycles. The average Bonchev–Trinajstić information content (AvgIpc) is 2.93. The molecule has 3 aromatic rings. The lowest BCUT2D eigenvalue weighted by Crippen LogP contribution is -2.22. The summed E-state index contributed by atoms with van der Waals surface area (Å²) in [5, 5.41) is 4.65. The number of nitrogens with one attached hydrogen (secondary N) is 1. The zero-order valence-electron chi connectivity index (χ0n) is 12.2. The normalized spacial score (nSPS) is 14.8. The summed E-state index contributed by atoms with van der Waals surface area (Å²) in [7, 11) is -3.57. The number of hydrogen-bond donors (Lipinski definition) is 1. The van der Waals surface area contributed by atoms with E-state index in [4.69, 9.17) is 16.0 Å². The first kappa shape index (κ1) is 14.8. The predicted molar refractivity (Wildman–Crippen MR) is 88.5 cm³/mol. The van der Waals surface area contributed by atoms with E-state index in [1.807, 2.05) is 0 Å². The van der Waals surface area contributed by atoms with E-state index < -0.39 is 9.84 Å². The van der Waals surface area contributed by atoms with E-state index in [0.717, 1.165) is 35.3 Å². The maximum atomic E-state index is 12.8. The minimum absolute atomic E-state index is 0.236. The molecular formula is C17H14ClNO3S. The van der Waals surface area contributed by atoms with Gasteiger partial charge in [-0.25, -0.2) is 8.42 Å². The van der Waals surface area contributed by atoms with Crippen molar-refractivity contribution >= 4 is 32.4 Å². The topological polar surface area (TPSA) is 59.3 Å². The maximum Gasteiger partial charge on any atom is 0.206 e. The number of sulfone groups is 1. The highest BCUT2D eigenvalue weighted by atomic mass is 35.5. The zero-order chi connectivity index (χ0) is 16.0. The van der Waals surface area contributed by atoms with Gasteiger partial charge in [0.2, 0.25) is 9.84 Å². The molecule has 1 N–H and O–H groups in total. The van der Waals surface area contributed by atoms with Crippen LogP contribution < -0.4 is 5.32 Å². The second kappa shape index (κ2) is 5.37. The van der Waals surface area contributed by atoms with Crippen LogP contribution in [0.5, 0.6) is 0 Å². The first-order valence-corrected chi connectivity index (χ1v) is 9.17. The third-order valence-corrected chi connectivity index (χ3v) is 6.14. The highest BCUT2D eigenvalue weighted by molar-refractivity contribution is 7.91. The van der Waals surface area contributed by atoms with E-state index in [2.05, 4.69) is 5.32 Å². The molecular weight excluding hydrogens is 334 g/mol. The Bertz CT molecular complexity index is 991. The SMILES string of the molecule is O=S(=O)(c1ccc(Cl)cc1)c1ccc2oc3c(c2c1)CCNC3. The maximum absolute atomic E-state index is 12.8. The lowest BCUT2D eigenvalue weighted by atomic mass is 10.1. The van der Waals surface area contributed by atoms with Gasteiger partial charge >= 0.3 is 0 Å². The molecule has 4 rings (SSSR count). The van der Waals surface area contributed by atoms with Gasteiger partial charge in [-0.15, -0.1) is 0 Å². The van der Waals surface area contributed by atoms with Crippen molar-refractivity contribution in [2.75, 3.05) is 6.54 Å². The molecule has 1 aromatic heterocycles. The molecule has 0 bridgehead atoms. The van der Waals surface area contributed by atoms with Crippen LogP contribution in [0.1, 0.15) is 11.3 Å². The molecule has 1 aliphatic heterocycles. The summed E-state index contributed by atoms with van der Waals surface area (Å²) in [4.78, 5) is 0.509. The average molecular weight is 348 g/mol. The monoisotopic (exact) mass is 347 g/mol. The third-order valence-electron chi connectivity index (χ3n) is 4.12. The number of hydrogen-bond acceptors (Lipinski definition) is 4. The van der Waals surface area contributed by atoms with Crippen LogP contribution in [-0.4, -0.2) is 15.0 Å². The first-order chi connectivity index (χ1) is 11.1. The second-order valence-corrected chi connectivity index (χ2v) is 7.93. The number of fused-ring (bicyclic) bond motifs is 3. The summed E-state index contributed by atoms with van der Waals surface area (Å²) < 4.78 is 31.4. The van der Waals surface area contributed by atoms with Crippen LogP contribution in [0.2, 0.25) is 5.02 Å². The van der Waals surface area contributed by atoms with E-state index in [1.165, 1.54) is 12.1 Å². The van der Waals surface area contributed by atoms with Crippen molar-refractivity contribution in [3.05, 3.63) is 58.8 Å². The van der Waals surface area contributed by atoms with E-state index in [0.29, 0.717) is 11.6 Å². The second-order valence-electron chi connectivity index (χ2n) is 5.55. The van der Waals surface area contributed by atoms with Gasteiger partial charge in [-0.2, -0.15) is 0 Å². The molecule has 0 unspecified atom stereocenters. The van der Waals surface area contributed by atoms with Crippen LogP contribution in [0.3, 0.4) is 0 Å². The molecule has 4 nitrogen and oxygen atoms in total. The number of rotatable bonds is 2. The lowest BCUT2D eigenvalue weighted by molar-refractivity contribution is 0.488. The molecule has 0 saturated carbocycles. The highest BCUT2D eigenvalue weighted by Gasteiger charge is 2.22. The number of furan rings is 1. The van der Waals surface area contributed by atoms with E-state index in [9.17, 15) is 8.42 Å². The van der Waals surface area contributed by atoms with E-state index >= 15 is 0 Å². The quantitative estimate of drug-likeness (QED) is 0.770. The number of halogens is 1. The fourth-order valence-corrected chi connectivity index (χ4v) is 4.34. The predicted octanol–water partition coefficient (Wildman–Crippen LogP) is 3.56. The molecule has 23 heavy (non-hydrogen) atoms. The third kappa shape index (κ3) is 2.45. The van der Waals surface area contributed by atoms with Crippen LogP contribution >= 0.6 is 11.6 Å². The Morgan fingerprint density at radius 3 is 2.57 bits per heavy atom. The van der Waals surface area contributed by atoms with Crippen LogP contribution in [0, 0.1) is 0 Å². The van der Waals surface area contributed by atoms with Gasteiger partial charge in [-0.1, -0.05) is 11.6 Å². The summed E-state index contributed by atoms with van der Waals surface area (Å²) in [5.74, 6) is 0.896. The standard InChI is InChI=1S/C17H14ClNO3S/c18-11-1-3-12(4-2-11)23(20,21)13-5-6-16-15(9-13)14-7-8-19-10-17(14)22-16/h1-6,9,19H,7-8,10H2. The Morgan fingerprint density at radius 1 is 1.04 bits per heavy atom. The largest absolute Gasteiger partial charge is 0.459 e. The summed E-state index contributed by atoms with van der Waals surface area (Å²) in [6, 6.07) is 11.3. The Hall–Kier alpha value is -1.82. The molecule has 118 valence electrons. The highest BCUT2D eigenvalue weighted by Crippen LogP contribution is 2.32. The minimum Gasteiger partial charge on any atom is -0.459 e. The van der Waals surface area contributed by atoms with Crippen LogP contribution in [0.4, 0.5) is 0 Å². The van der Waals surface area contributed by atoms with Crippen molar-refractivity contribution in [1.29, 1.82) is 0 Å². The van der Waals surface area contributed by atoms with Crippen molar-refractivity contribution in [2.24, 2.45) is 0 Å². The van der Waals surface area contributed by atoms with Crippen molar-refractivity contribution < 1.29 is 12.8 Å². The van der Waals surface area contributed by atoms with Gasteiger partial charge in [0, 0.05) is 16.0 Å². The van der Waals surface area contributed by atoms with Gasteiger partial charge in [0.25, 0.3) is 0 Å². The minimum atomic E-state index is -3.57. The molecule has 1 aliphatic rings. The Balaban J connectivity index is 1.86. The molecule has 0 amide bonds. The number of benzene rings is 2. The van der Waals surface area contributed by atoms with Crippen molar-refractivity contribution in [3.63, 3.8) is 0 Å². The molecule has 2 heterocycles. The van der Waals surface area contributed by atoms with E-state index in [1.54, 1.807) is 30.3 Å². The van der Waals surface area contributed by atoms with Gasteiger partial charge < -0.3 is 9.73 Å². The molecule has 6 heteroatoms. The molecule has 0 fully saturated rings. The smallest absolute Gasteiger partial charge is 0.206 e. The van der Waals surface area contributed by atoms with Crippen LogP contribution in [0.25, 0.3) is 11.0 Å². The van der Waals surface area contributed by atoms with Gasteiger partial charge in [0.15, 0.2) is 0 Å². The summed E-state index contributed by atoms with van der Waals surface area (Å²) in [6.07, 6.45) is 0.840. The Labute approximate surface area is 139 Å². The molecule has 0 aliphatic carbocycles. The molecule has 0 spiro atoms. The van der Waals surface area contributed by atoms with Crippen molar-refractivity contribution in [2.45, 2.75) is 22.8 Å². The van der Waals surface area contributed by atoms with Crippen molar-refractivity contribution in [1.82, 2.24) is 5.32 Å².